The van der Waals surface area contributed by atoms with Gasteiger partial charge >= 0.3 is 0 Å². The molecular weight excluding hydrogens is 322 g/mol. The van der Waals surface area contributed by atoms with Crippen molar-refractivity contribution in [1.82, 2.24) is 4.90 Å². The standard InChI is InChI=1S/C19H21NO5/c1-20(12-13-5-4-6-15(9-13)22-2)19(21)14-10-16(23-3)18-17(11-14)24-7-8-25-18/h4-6,9-11H,7-8,12H2,1-3H3. The number of carbonyl (C=O) groups excluding carboxylic acids is 1. The van der Waals surface area contributed by atoms with Gasteiger partial charge in [-0.2, -0.15) is 0 Å². The van der Waals surface area contributed by atoms with Gasteiger partial charge in [-0.15, -0.1) is 0 Å². The molecule has 132 valence electrons. The van der Waals surface area contributed by atoms with Gasteiger partial charge in [0.1, 0.15) is 19.0 Å². The first kappa shape index (κ1) is 17.0. The van der Waals surface area contributed by atoms with E-state index in [0.717, 1.165) is 11.3 Å². The van der Waals surface area contributed by atoms with Gasteiger partial charge in [0.2, 0.25) is 5.75 Å². The van der Waals surface area contributed by atoms with Gasteiger partial charge in [-0.1, -0.05) is 12.1 Å². The highest BCUT2D eigenvalue weighted by atomic mass is 16.6. The van der Waals surface area contributed by atoms with Crippen LogP contribution in [0, 0.1) is 0 Å². The number of fused-ring (bicyclic) bond motifs is 1. The molecule has 3 rings (SSSR count). The van der Waals surface area contributed by atoms with Gasteiger partial charge in [-0.25, -0.2) is 0 Å². The molecule has 0 fully saturated rings. The molecule has 1 amide bonds. The van der Waals surface area contributed by atoms with Crippen LogP contribution < -0.4 is 18.9 Å². The number of hydrogen-bond donors (Lipinski definition) is 0. The van der Waals surface area contributed by atoms with Crippen molar-refractivity contribution in [3.63, 3.8) is 0 Å². The van der Waals surface area contributed by atoms with Gasteiger partial charge in [-0.3, -0.25) is 4.79 Å². The topological polar surface area (TPSA) is 57.2 Å². The molecule has 0 bridgehead atoms. The lowest BCUT2D eigenvalue weighted by Gasteiger charge is -2.23. The number of amides is 1. The molecule has 25 heavy (non-hydrogen) atoms. The Bertz CT molecular complexity index is 757. The fourth-order valence-corrected chi connectivity index (χ4v) is 2.73. The van der Waals surface area contributed by atoms with E-state index in [1.165, 1.54) is 0 Å². The maximum absolute atomic E-state index is 12.8. The van der Waals surface area contributed by atoms with Crippen LogP contribution in [0.3, 0.4) is 0 Å². The van der Waals surface area contributed by atoms with E-state index in [-0.39, 0.29) is 5.91 Å². The fourth-order valence-electron chi connectivity index (χ4n) is 2.73. The second-order valence-corrected chi connectivity index (χ2v) is 5.72. The third kappa shape index (κ3) is 3.63. The first-order valence-electron chi connectivity index (χ1n) is 7.98. The second-order valence-electron chi connectivity index (χ2n) is 5.72. The Morgan fingerprint density at radius 1 is 1.12 bits per heavy atom. The highest BCUT2D eigenvalue weighted by Gasteiger charge is 2.22. The zero-order chi connectivity index (χ0) is 17.8. The van der Waals surface area contributed by atoms with E-state index < -0.39 is 0 Å². The Hall–Kier alpha value is -2.89. The van der Waals surface area contributed by atoms with Crippen molar-refractivity contribution in [3.8, 4) is 23.0 Å². The van der Waals surface area contributed by atoms with Crippen LogP contribution in [0.15, 0.2) is 36.4 Å². The molecule has 0 saturated carbocycles. The third-order valence-electron chi connectivity index (χ3n) is 3.98. The molecule has 2 aromatic rings. The first-order chi connectivity index (χ1) is 12.1. The van der Waals surface area contributed by atoms with Gasteiger partial charge in [0.25, 0.3) is 5.91 Å². The van der Waals surface area contributed by atoms with Gasteiger partial charge in [0.05, 0.1) is 14.2 Å². The lowest BCUT2D eigenvalue weighted by atomic mass is 10.1. The molecule has 0 N–H and O–H groups in total. The summed E-state index contributed by atoms with van der Waals surface area (Å²) in [5.41, 5.74) is 1.48. The van der Waals surface area contributed by atoms with Gasteiger partial charge in [0, 0.05) is 19.2 Å². The van der Waals surface area contributed by atoms with Crippen LogP contribution in [-0.2, 0) is 6.54 Å². The zero-order valence-electron chi connectivity index (χ0n) is 14.6. The molecule has 0 spiro atoms. The average Bonchev–Trinajstić information content (AvgIpc) is 2.66. The summed E-state index contributed by atoms with van der Waals surface area (Å²) in [5.74, 6) is 2.21. The van der Waals surface area contributed by atoms with Gasteiger partial charge in [-0.05, 0) is 29.8 Å². The molecule has 0 atom stereocenters. The van der Waals surface area contributed by atoms with E-state index in [2.05, 4.69) is 0 Å². The molecule has 1 heterocycles. The van der Waals surface area contributed by atoms with Gasteiger partial charge < -0.3 is 23.8 Å². The quantitative estimate of drug-likeness (QED) is 0.835. The van der Waals surface area contributed by atoms with Crippen LogP contribution in [0.4, 0.5) is 0 Å². The Kier molecular flexibility index (Phi) is 4.97. The lowest BCUT2D eigenvalue weighted by Crippen LogP contribution is -2.26. The highest BCUT2D eigenvalue weighted by Crippen LogP contribution is 2.40. The van der Waals surface area contributed by atoms with E-state index in [4.69, 9.17) is 18.9 Å². The van der Waals surface area contributed by atoms with E-state index in [1.54, 1.807) is 38.3 Å². The fraction of sp³-hybridized carbons (Fsp3) is 0.316. The van der Waals surface area contributed by atoms with E-state index in [9.17, 15) is 4.79 Å². The molecule has 2 aromatic carbocycles. The minimum absolute atomic E-state index is 0.127. The minimum Gasteiger partial charge on any atom is -0.497 e. The summed E-state index contributed by atoms with van der Waals surface area (Å²) >= 11 is 0. The van der Waals surface area contributed by atoms with Crippen LogP contribution in [0.2, 0.25) is 0 Å². The van der Waals surface area contributed by atoms with Crippen LogP contribution in [0.1, 0.15) is 15.9 Å². The summed E-state index contributed by atoms with van der Waals surface area (Å²) in [5, 5.41) is 0. The number of ether oxygens (including phenoxy) is 4. The highest BCUT2D eigenvalue weighted by molar-refractivity contribution is 5.95. The van der Waals surface area contributed by atoms with E-state index in [0.29, 0.717) is 42.6 Å². The number of hydrogen-bond acceptors (Lipinski definition) is 5. The SMILES string of the molecule is COc1cccc(CN(C)C(=O)c2cc(OC)c3c(c2)OCCO3)c1. The van der Waals surface area contributed by atoms with E-state index >= 15 is 0 Å². The number of rotatable bonds is 5. The summed E-state index contributed by atoms with van der Waals surface area (Å²) in [6.45, 7) is 1.38. The van der Waals surface area contributed by atoms with Crippen molar-refractivity contribution < 1.29 is 23.7 Å². The molecule has 0 aliphatic carbocycles. The molecular formula is C19H21NO5. The predicted octanol–water partition coefficient (Wildman–Crippen LogP) is 2.75. The molecule has 0 aromatic heterocycles. The van der Waals surface area contributed by atoms with Gasteiger partial charge in [0.15, 0.2) is 11.5 Å². The molecule has 1 aliphatic rings. The van der Waals surface area contributed by atoms with Crippen LogP contribution in [0.5, 0.6) is 23.0 Å². The average molecular weight is 343 g/mol. The van der Waals surface area contributed by atoms with Crippen molar-refractivity contribution >= 4 is 5.91 Å². The normalized spacial score (nSPS) is 12.4. The van der Waals surface area contributed by atoms with Crippen LogP contribution in [-0.4, -0.2) is 45.3 Å². The Balaban J connectivity index is 1.82. The number of carbonyl (C=O) groups is 1. The summed E-state index contributed by atoms with van der Waals surface area (Å²) in [6, 6.07) is 11.0. The van der Waals surface area contributed by atoms with Crippen molar-refractivity contribution in [2.45, 2.75) is 6.54 Å². The van der Waals surface area contributed by atoms with Crippen molar-refractivity contribution in [2.24, 2.45) is 0 Å². The smallest absolute Gasteiger partial charge is 0.254 e. The maximum atomic E-state index is 12.8. The summed E-state index contributed by atoms with van der Waals surface area (Å²) in [7, 11) is 4.92. The second kappa shape index (κ2) is 7.34. The largest absolute Gasteiger partial charge is 0.497 e. The van der Waals surface area contributed by atoms with Crippen LogP contribution >= 0.6 is 0 Å². The first-order valence-corrected chi connectivity index (χ1v) is 7.98. The van der Waals surface area contributed by atoms with Crippen molar-refractivity contribution in [3.05, 3.63) is 47.5 Å². The van der Waals surface area contributed by atoms with Crippen molar-refractivity contribution in [1.29, 1.82) is 0 Å². The molecule has 0 unspecified atom stereocenters. The zero-order valence-corrected chi connectivity index (χ0v) is 14.6. The summed E-state index contributed by atoms with van der Waals surface area (Å²) in [4.78, 5) is 14.4. The summed E-state index contributed by atoms with van der Waals surface area (Å²) < 4.78 is 21.7. The minimum atomic E-state index is -0.127. The molecule has 1 aliphatic heterocycles. The number of nitrogens with zero attached hydrogens (tertiary/aromatic N) is 1. The molecule has 6 nitrogen and oxygen atoms in total. The van der Waals surface area contributed by atoms with Crippen LogP contribution in [0.25, 0.3) is 0 Å². The molecule has 0 saturated heterocycles. The third-order valence-corrected chi connectivity index (χ3v) is 3.98. The summed E-state index contributed by atoms with van der Waals surface area (Å²) in [6.07, 6.45) is 0. The van der Waals surface area contributed by atoms with E-state index in [1.807, 2.05) is 24.3 Å². The lowest BCUT2D eigenvalue weighted by molar-refractivity contribution is 0.0783. The van der Waals surface area contributed by atoms with Crippen molar-refractivity contribution in [2.75, 3.05) is 34.5 Å². The Morgan fingerprint density at radius 2 is 1.92 bits per heavy atom. The predicted molar refractivity (Wildman–Crippen MR) is 92.8 cm³/mol. The molecule has 6 heteroatoms. The number of methoxy groups -OCH3 is 2. The maximum Gasteiger partial charge on any atom is 0.254 e. The Labute approximate surface area is 146 Å². The Morgan fingerprint density at radius 3 is 2.68 bits per heavy atom. The molecule has 0 radical (unpaired) electrons. The number of benzene rings is 2. The monoisotopic (exact) mass is 343 g/mol.